The molecule has 180 valence electrons. The van der Waals surface area contributed by atoms with Gasteiger partial charge in [0.05, 0.1) is 5.69 Å². The fraction of sp³-hybridized carbons (Fsp3) is 0.375. The summed E-state index contributed by atoms with van der Waals surface area (Å²) in [7, 11) is 1.69. The van der Waals surface area contributed by atoms with Gasteiger partial charge in [0.2, 0.25) is 5.91 Å². The number of benzene rings is 2. The third-order valence-electron chi connectivity index (χ3n) is 6.20. The van der Waals surface area contributed by atoms with Crippen LogP contribution in [0, 0.1) is 11.6 Å². The predicted octanol–water partition coefficient (Wildman–Crippen LogP) is 2.23. The summed E-state index contributed by atoms with van der Waals surface area (Å²) < 4.78 is 26.7. The van der Waals surface area contributed by atoms with Crippen molar-refractivity contribution in [3.05, 3.63) is 65.7 Å². The van der Waals surface area contributed by atoms with Crippen molar-refractivity contribution in [3.63, 3.8) is 0 Å². The van der Waals surface area contributed by atoms with Gasteiger partial charge in [0, 0.05) is 32.1 Å². The summed E-state index contributed by atoms with van der Waals surface area (Å²) in [5.41, 5.74) is 13.6. The van der Waals surface area contributed by atoms with E-state index in [4.69, 9.17) is 5.73 Å². The lowest BCUT2D eigenvalue weighted by Crippen LogP contribution is -2.40. The van der Waals surface area contributed by atoms with Crippen LogP contribution in [0.15, 0.2) is 53.6 Å². The van der Waals surface area contributed by atoms with Gasteiger partial charge in [-0.3, -0.25) is 25.4 Å². The number of nitrogens with one attached hydrogen (secondary N) is 2. The maximum absolute atomic E-state index is 13.5. The molecule has 8 nitrogen and oxygen atoms in total. The molecule has 4 rings (SSSR count). The fourth-order valence-electron chi connectivity index (χ4n) is 4.34. The van der Waals surface area contributed by atoms with Crippen LogP contribution in [-0.2, 0) is 9.59 Å². The Hall–Kier alpha value is -3.37. The highest BCUT2D eigenvalue weighted by Gasteiger charge is 2.36. The number of hydrazone groups is 1. The zero-order valence-electron chi connectivity index (χ0n) is 18.9. The lowest BCUT2D eigenvalue weighted by Gasteiger charge is -2.20. The Kier molecular flexibility index (Phi) is 7.18. The number of hydrazine groups is 1. The van der Waals surface area contributed by atoms with E-state index in [1.165, 1.54) is 41.4 Å². The van der Waals surface area contributed by atoms with Gasteiger partial charge in [0.15, 0.2) is 0 Å². The quantitative estimate of drug-likeness (QED) is 0.549. The van der Waals surface area contributed by atoms with Crippen LogP contribution in [-0.4, -0.2) is 48.1 Å². The zero-order chi connectivity index (χ0) is 24.2. The molecule has 0 bridgehead atoms. The number of hydrogen-bond acceptors (Lipinski definition) is 6. The molecule has 2 aliphatic heterocycles. The first-order valence-corrected chi connectivity index (χ1v) is 11.3. The van der Waals surface area contributed by atoms with Crippen LogP contribution in [0.5, 0.6) is 0 Å². The summed E-state index contributed by atoms with van der Waals surface area (Å²) in [4.78, 5) is 26.4. The van der Waals surface area contributed by atoms with E-state index in [0.717, 1.165) is 24.8 Å². The van der Waals surface area contributed by atoms with E-state index in [2.05, 4.69) is 16.0 Å². The second-order valence-corrected chi connectivity index (χ2v) is 8.69. The van der Waals surface area contributed by atoms with E-state index >= 15 is 0 Å². The van der Waals surface area contributed by atoms with Crippen molar-refractivity contribution in [3.8, 4) is 0 Å². The van der Waals surface area contributed by atoms with Crippen molar-refractivity contribution in [2.24, 2.45) is 10.8 Å². The van der Waals surface area contributed by atoms with E-state index in [9.17, 15) is 18.4 Å². The highest BCUT2D eigenvalue weighted by atomic mass is 19.1. The molecule has 4 N–H and O–H groups in total. The van der Waals surface area contributed by atoms with Gasteiger partial charge in [-0.2, -0.15) is 5.10 Å². The van der Waals surface area contributed by atoms with Crippen LogP contribution >= 0.6 is 0 Å². The smallest absolute Gasteiger partial charge is 0.269 e. The number of nitrogens with zero attached hydrogens (tertiary/aromatic N) is 3. The minimum Gasteiger partial charge on any atom is -0.368 e. The van der Waals surface area contributed by atoms with Gasteiger partial charge in [-0.05, 0) is 61.2 Å². The molecule has 34 heavy (non-hydrogen) atoms. The highest BCUT2D eigenvalue weighted by molar-refractivity contribution is 6.40. The second kappa shape index (κ2) is 10.3. The second-order valence-electron chi connectivity index (χ2n) is 8.69. The minimum atomic E-state index is -0.800. The number of hydrogen-bond donors (Lipinski definition) is 3. The largest absolute Gasteiger partial charge is 0.368 e. The molecule has 3 atom stereocenters. The molecule has 0 spiro atoms. The third kappa shape index (κ3) is 5.40. The van der Waals surface area contributed by atoms with Gasteiger partial charge in [-0.25, -0.2) is 8.78 Å². The monoisotopic (exact) mass is 470 g/mol. The summed E-state index contributed by atoms with van der Waals surface area (Å²) in [6.07, 6.45) is 2.50. The van der Waals surface area contributed by atoms with Gasteiger partial charge in [-0.15, -0.1) is 0 Å². The maximum atomic E-state index is 13.5. The van der Waals surface area contributed by atoms with Crippen LogP contribution in [0.2, 0.25) is 0 Å². The molecular formula is C24H28F2N6O2. The van der Waals surface area contributed by atoms with Crippen molar-refractivity contribution in [1.29, 1.82) is 0 Å². The van der Waals surface area contributed by atoms with Gasteiger partial charge < -0.3 is 10.6 Å². The van der Waals surface area contributed by atoms with Crippen LogP contribution in [0.1, 0.15) is 37.3 Å². The molecule has 0 aliphatic carbocycles. The Bertz CT molecular complexity index is 1080. The molecule has 1 saturated heterocycles. The number of primary amides is 1. The van der Waals surface area contributed by atoms with Crippen molar-refractivity contribution >= 4 is 23.2 Å². The van der Waals surface area contributed by atoms with E-state index in [1.54, 1.807) is 18.0 Å². The van der Waals surface area contributed by atoms with Gasteiger partial charge >= 0.3 is 0 Å². The maximum Gasteiger partial charge on any atom is 0.269 e. The molecule has 0 aromatic heterocycles. The predicted molar refractivity (Wildman–Crippen MR) is 125 cm³/mol. The van der Waals surface area contributed by atoms with Crippen molar-refractivity contribution in [2.45, 2.75) is 43.8 Å². The van der Waals surface area contributed by atoms with Gasteiger partial charge in [-0.1, -0.05) is 12.1 Å². The van der Waals surface area contributed by atoms with Crippen LogP contribution in [0.4, 0.5) is 14.5 Å². The molecule has 2 aromatic rings. The number of nitrogens with two attached hydrogens (primary N) is 1. The SMILES string of the molecule is CN(CCCC1CC(c2cccc(F)c2)NN1)C(=O)C1=NN(c2ccc(F)cc2)C(C(N)=O)C1. The molecule has 0 radical (unpaired) electrons. The van der Waals surface area contributed by atoms with Gasteiger partial charge in [0.25, 0.3) is 5.91 Å². The topological polar surface area (TPSA) is 103 Å². The van der Waals surface area contributed by atoms with E-state index in [-0.39, 0.29) is 35.9 Å². The van der Waals surface area contributed by atoms with E-state index < -0.39 is 17.8 Å². The molecule has 3 unspecified atom stereocenters. The highest BCUT2D eigenvalue weighted by Crippen LogP contribution is 2.26. The summed E-state index contributed by atoms with van der Waals surface area (Å²) in [5, 5.41) is 5.71. The number of rotatable bonds is 8. The molecule has 10 heteroatoms. The molecule has 2 amide bonds. The summed E-state index contributed by atoms with van der Waals surface area (Å²) in [6, 6.07) is 11.5. The fourth-order valence-corrected chi connectivity index (χ4v) is 4.34. The normalized spacial score (nSPS) is 22.0. The summed E-state index contributed by atoms with van der Waals surface area (Å²) >= 11 is 0. The lowest BCUT2D eigenvalue weighted by atomic mass is 9.99. The van der Waals surface area contributed by atoms with Crippen LogP contribution in [0.3, 0.4) is 0 Å². The molecular weight excluding hydrogens is 442 g/mol. The average molecular weight is 471 g/mol. The van der Waals surface area contributed by atoms with E-state index in [1.807, 2.05) is 6.07 Å². The minimum absolute atomic E-state index is 0.0380. The summed E-state index contributed by atoms with van der Waals surface area (Å²) in [5.74, 6) is -1.54. The Morgan fingerprint density at radius 2 is 1.91 bits per heavy atom. The zero-order valence-corrected chi connectivity index (χ0v) is 18.9. The van der Waals surface area contributed by atoms with Gasteiger partial charge in [0.1, 0.15) is 23.4 Å². The standard InChI is InChI=1S/C24H28F2N6O2/c1-31(11-3-6-18-13-20(29-28-18)15-4-2-5-17(26)12-15)24(34)21-14-22(23(27)33)32(30-21)19-9-7-16(25)8-10-19/h2,4-5,7-10,12,18,20,22,28-29H,3,6,11,13-14H2,1H3,(H2,27,33). The van der Waals surface area contributed by atoms with E-state index in [0.29, 0.717) is 12.2 Å². The Morgan fingerprint density at radius 3 is 2.62 bits per heavy atom. The number of amides is 2. The number of carbonyl (C=O) groups excluding carboxylic acids is 2. The van der Waals surface area contributed by atoms with Crippen molar-refractivity contribution < 1.29 is 18.4 Å². The Morgan fingerprint density at radius 1 is 1.15 bits per heavy atom. The van der Waals surface area contributed by atoms with Crippen molar-refractivity contribution in [2.75, 3.05) is 18.6 Å². The molecule has 2 aliphatic rings. The first-order valence-electron chi connectivity index (χ1n) is 11.3. The third-order valence-corrected chi connectivity index (χ3v) is 6.20. The first kappa shape index (κ1) is 23.8. The molecule has 2 heterocycles. The first-order chi connectivity index (χ1) is 16.3. The number of halogens is 2. The average Bonchev–Trinajstić information content (AvgIpc) is 3.47. The molecule has 2 aromatic carbocycles. The molecule has 1 fully saturated rings. The van der Waals surface area contributed by atoms with Crippen LogP contribution in [0.25, 0.3) is 0 Å². The van der Waals surface area contributed by atoms with Crippen molar-refractivity contribution in [1.82, 2.24) is 15.8 Å². The lowest BCUT2D eigenvalue weighted by molar-refractivity contribution is -0.123. The Balaban J connectivity index is 1.30. The number of anilines is 1. The summed E-state index contributed by atoms with van der Waals surface area (Å²) in [6.45, 7) is 0.512. The van der Waals surface area contributed by atoms with Crippen LogP contribution < -0.4 is 21.6 Å². The molecule has 0 saturated carbocycles. The number of carbonyl (C=O) groups is 2. The Labute approximate surface area is 196 Å².